The molecule has 0 unspecified atom stereocenters. The highest BCUT2D eigenvalue weighted by Crippen LogP contribution is 2.35. The van der Waals surface area contributed by atoms with Gasteiger partial charge in [-0.15, -0.1) is 0 Å². The molecule has 1 aromatic heterocycles. The van der Waals surface area contributed by atoms with Gasteiger partial charge in [0.25, 0.3) is 11.1 Å². The Kier molecular flexibility index (Phi) is 5.68. The molecule has 4 aromatic rings. The first-order valence-corrected chi connectivity index (χ1v) is 11.8. The Morgan fingerprint density at radius 3 is 2.48 bits per heavy atom. The maximum Gasteiger partial charge on any atom is 0.293 e. The largest absolute Gasteiger partial charge is 0.491 e. The van der Waals surface area contributed by atoms with Crippen LogP contribution in [-0.2, 0) is 4.79 Å². The fraction of sp³-hybridized carbons (Fsp3) is 0.185. The Balaban J connectivity index is 1.33. The number of thioether (sulfide) groups is 1. The number of hydrogen-bond donors (Lipinski definition) is 0. The molecule has 1 aliphatic heterocycles. The van der Waals surface area contributed by atoms with Gasteiger partial charge in [-0.1, -0.05) is 54.6 Å². The molecule has 0 atom stereocenters. The van der Waals surface area contributed by atoms with Crippen LogP contribution < -0.4 is 4.74 Å². The fourth-order valence-electron chi connectivity index (χ4n) is 4.18. The van der Waals surface area contributed by atoms with Crippen molar-refractivity contribution in [2.24, 2.45) is 0 Å². The zero-order valence-corrected chi connectivity index (χ0v) is 19.3. The summed E-state index contributed by atoms with van der Waals surface area (Å²) >= 11 is 0.985. The van der Waals surface area contributed by atoms with E-state index in [0.29, 0.717) is 10.9 Å². The van der Waals surface area contributed by atoms with Gasteiger partial charge in [-0.3, -0.25) is 14.5 Å². The van der Waals surface area contributed by atoms with Crippen molar-refractivity contribution >= 4 is 50.7 Å². The number of aromatic nitrogens is 1. The SMILES string of the molecule is CC(C)n1cc(/C=C2\SC(=O)N(CCOc3cccc4ccccc34)C2=O)c2ccccc21. The van der Waals surface area contributed by atoms with Crippen molar-refractivity contribution in [2.75, 3.05) is 13.2 Å². The maximum atomic E-state index is 13.0. The van der Waals surface area contributed by atoms with Crippen LogP contribution in [0.5, 0.6) is 5.75 Å². The molecule has 0 saturated carbocycles. The molecule has 2 amide bonds. The Labute approximate surface area is 196 Å². The highest BCUT2D eigenvalue weighted by Gasteiger charge is 2.35. The van der Waals surface area contributed by atoms with Gasteiger partial charge >= 0.3 is 0 Å². The van der Waals surface area contributed by atoms with E-state index in [1.807, 2.05) is 72.9 Å². The molecule has 1 fully saturated rings. The molecule has 166 valence electrons. The third-order valence-corrected chi connectivity index (χ3v) is 6.72. The fourth-order valence-corrected chi connectivity index (χ4v) is 5.03. The molecular formula is C27H24N2O3S. The van der Waals surface area contributed by atoms with Crippen LogP contribution >= 0.6 is 11.8 Å². The van der Waals surface area contributed by atoms with Crippen LogP contribution in [0.2, 0.25) is 0 Å². The Bertz CT molecular complexity index is 1400. The number of carbonyl (C=O) groups is 2. The quantitative estimate of drug-likeness (QED) is 0.311. The number of imide groups is 1. The van der Waals surface area contributed by atoms with E-state index in [9.17, 15) is 9.59 Å². The number of carbonyl (C=O) groups excluding carboxylic acids is 2. The number of para-hydroxylation sites is 1. The standard InChI is InChI=1S/C27H24N2O3S/c1-18(2)29-17-20(21-10-5-6-12-23(21)29)16-25-26(30)28(27(31)33-25)14-15-32-24-13-7-9-19-8-3-4-11-22(19)24/h3-13,16-18H,14-15H2,1-2H3/b25-16-. The van der Waals surface area contributed by atoms with Crippen molar-refractivity contribution in [3.05, 3.63) is 83.4 Å². The van der Waals surface area contributed by atoms with Gasteiger partial charge in [0, 0.05) is 34.1 Å². The summed E-state index contributed by atoms with van der Waals surface area (Å²) < 4.78 is 8.12. The van der Waals surface area contributed by atoms with Crippen molar-refractivity contribution in [1.29, 1.82) is 0 Å². The summed E-state index contributed by atoms with van der Waals surface area (Å²) in [6.07, 6.45) is 3.88. The predicted octanol–water partition coefficient (Wildman–Crippen LogP) is 6.49. The Morgan fingerprint density at radius 1 is 0.939 bits per heavy atom. The van der Waals surface area contributed by atoms with Crippen molar-refractivity contribution in [3.8, 4) is 5.75 Å². The zero-order chi connectivity index (χ0) is 22.9. The van der Waals surface area contributed by atoms with Gasteiger partial charge in [-0.25, -0.2) is 0 Å². The van der Waals surface area contributed by atoms with E-state index in [1.54, 1.807) is 0 Å². The molecule has 0 N–H and O–H groups in total. The topological polar surface area (TPSA) is 51.5 Å². The van der Waals surface area contributed by atoms with E-state index in [2.05, 4.69) is 24.5 Å². The molecule has 1 aliphatic rings. The minimum Gasteiger partial charge on any atom is -0.491 e. The van der Waals surface area contributed by atoms with Gasteiger partial charge in [0.2, 0.25) is 0 Å². The Morgan fingerprint density at radius 2 is 1.67 bits per heavy atom. The van der Waals surface area contributed by atoms with Crippen LogP contribution in [0.1, 0.15) is 25.5 Å². The van der Waals surface area contributed by atoms with Gasteiger partial charge < -0.3 is 9.30 Å². The van der Waals surface area contributed by atoms with Crippen molar-refractivity contribution in [3.63, 3.8) is 0 Å². The van der Waals surface area contributed by atoms with Gasteiger partial charge in [-0.05, 0) is 49.2 Å². The van der Waals surface area contributed by atoms with E-state index in [1.165, 1.54) is 4.90 Å². The minimum atomic E-state index is -0.270. The molecule has 0 aliphatic carbocycles. The van der Waals surface area contributed by atoms with E-state index >= 15 is 0 Å². The molecule has 3 aromatic carbocycles. The molecule has 5 nitrogen and oxygen atoms in total. The molecule has 1 saturated heterocycles. The number of ether oxygens (including phenoxy) is 1. The summed E-state index contributed by atoms with van der Waals surface area (Å²) in [7, 11) is 0. The summed E-state index contributed by atoms with van der Waals surface area (Å²) in [5.41, 5.74) is 2.05. The average Bonchev–Trinajstić information content (AvgIpc) is 3.32. The summed E-state index contributed by atoms with van der Waals surface area (Å²) in [4.78, 5) is 27.3. The molecular weight excluding hydrogens is 432 g/mol. The van der Waals surface area contributed by atoms with Crippen molar-refractivity contribution < 1.29 is 14.3 Å². The van der Waals surface area contributed by atoms with Gasteiger partial charge in [0.1, 0.15) is 12.4 Å². The Hall–Kier alpha value is -3.51. The van der Waals surface area contributed by atoms with Crippen molar-refractivity contribution in [2.45, 2.75) is 19.9 Å². The van der Waals surface area contributed by atoms with E-state index < -0.39 is 0 Å². The second-order valence-corrected chi connectivity index (χ2v) is 9.25. The lowest BCUT2D eigenvalue weighted by Gasteiger charge is -2.14. The normalized spacial score (nSPS) is 15.5. The van der Waals surface area contributed by atoms with Gasteiger partial charge in [0.15, 0.2) is 0 Å². The predicted molar refractivity (Wildman–Crippen MR) is 134 cm³/mol. The third kappa shape index (κ3) is 4.02. The summed E-state index contributed by atoms with van der Waals surface area (Å²) in [5.74, 6) is 0.477. The monoisotopic (exact) mass is 456 g/mol. The summed E-state index contributed by atoms with van der Waals surface area (Å²) in [5, 5.41) is 2.90. The smallest absolute Gasteiger partial charge is 0.293 e. The number of fused-ring (bicyclic) bond motifs is 2. The zero-order valence-electron chi connectivity index (χ0n) is 18.5. The first kappa shape index (κ1) is 21.3. The van der Waals surface area contributed by atoms with Gasteiger partial charge in [0.05, 0.1) is 11.4 Å². The second-order valence-electron chi connectivity index (χ2n) is 8.26. The average molecular weight is 457 g/mol. The summed E-state index contributed by atoms with van der Waals surface area (Å²) in [6, 6.07) is 22.2. The van der Waals surface area contributed by atoms with Crippen LogP contribution in [0.25, 0.3) is 27.8 Å². The molecule has 2 heterocycles. The van der Waals surface area contributed by atoms with Crippen molar-refractivity contribution in [1.82, 2.24) is 9.47 Å². The van der Waals surface area contributed by atoms with E-state index in [-0.39, 0.29) is 24.3 Å². The lowest BCUT2D eigenvalue weighted by atomic mass is 10.1. The number of benzene rings is 3. The molecule has 5 rings (SSSR count). The second kappa shape index (κ2) is 8.79. The number of nitrogens with zero attached hydrogens (tertiary/aromatic N) is 2. The van der Waals surface area contributed by atoms with E-state index in [0.717, 1.165) is 44.8 Å². The molecule has 6 heteroatoms. The first-order chi connectivity index (χ1) is 16.0. The highest BCUT2D eigenvalue weighted by molar-refractivity contribution is 8.18. The minimum absolute atomic E-state index is 0.207. The molecule has 33 heavy (non-hydrogen) atoms. The highest BCUT2D eigenvalue weighted by atomic mass is 32.2. The van der Waals surface area contributed by atoms with E-state index in [4.69, 9.17) is 4.74 Å². The third-order valence-electron chi connectivity index (χ3n) is 5.81. The number of rotatable bonds is 6. The number of hydrogen-bond acceptors (Lipinski definition) is 4. The van der Waals surface area contributed by atoms with Gasteiger partial charge in [-0.2, -0.15) is 0 Å². The van der Waals surface area contributed by atoms with Crippen LogP contribution in [0.4, 0.5) is 4.79 Å². The van der Waals surface area contributed by atoms with Crippen LogP contribution in [0.15, 0.2) is 77.8 Å². The van der Waals surface area contributed by atoms with Crippen LogP contribution in [0, 0.1) is 0 Å². The molecule has 0 radical (unpaired) electrons. The first-order valence-electron chi connectivity index (χ1n) is 11.0. The van der Waals surface area contributed by atoms with Crippen LogP contribution in [-0.4, -0.2) is 33.8 Å². The molecule has 0 bridgehead atoms. The lowest BCUT2D eigenvalue weighted by Crippen LogP contribution is -2.32. The molecule has 0 spiro atoms. The summed E-state index contributed by atoms with van der Waals surface area (Å²) in [6.45, 7) is 4.70. The maximum absolute atomic E-state index is 13.0. The lowest BCUT2D eigenvalue weighted by molar-refractivity contribution is -0.123. The number of amides is 2. The van der Waals surface area contributed by atoms with Crippen LogP contribution in [0.3, 0.4) is 0 Å².